The largest absolute Gasteiger partial charge is 0.497 e. The minimum Gasteiger partial charge on any atom is -0.497 e. The lowest BCUT2D eigenvalue weighted by Crippen LogP contribution is -2.14. The van der Waals surface area contributed by atoms with Gasteiger partial charge in [0.15, 0.2) is 0 Å². The number of rotatable bonds is 7. The predicted molar refractivity (Wildman–Crippen MR) is 94.7 cm³/mol. The van der Waals surface area contributed by atoms with Gasteiger partial charge in [0.05, 0.1) is 32.1 Å². The molecule has 0 saturated heterocycles. The predicted octanol–water partition coefficient (Wildman–Crippen LogP) is 4.40. The summed E-state index contributed by atoms with van der Waals surface area (Å²) in [5.41, 5.74) is 0.901. The monoisotopic (exact) mass is 349 g/mol. The Bertz CT molecular complexity index is 718. The van der Waals surface area contributed by atoms with Crippen LogP contribution in [0.1, 0.15) is 23.7 Å². The van der Waals surface area contributed by atoms with Crippen molar-refractivity contribution in [3.05, 3.63) is 47.0 Å². The highest BCUT2D eigenvalue weighted by molar-refractivity contribution is 6.31. The number of hydrogen-bond donors (Lipinski definition) is 1. The molecule has 0 spiro atoms. The molecule has 0 aliphatic rings. The highest BCUT2D eigenvalue weighted by atomic mass is 35.5. The van der Waals surface area contributed by atoms with E-state index < -0.39 is 0 Å². The highest BCUT2D eigenvalue weighted by Crippen LogP contribution is 2.31. The second-order valence-electron chi connectivity index (χ2n) is 5.01. The molecule has 0 fully saturated rings. The average molecular weight is 350 g/mol. The Morgan fingerprint density at radius 3 is 2.54 bits per heavy atom. The number of halogens is 1. The van der Waals surface area contributed by atoms with Crippen molar-refractivity contribution in [2.75, 3.05) is 26.1 Å². The van der Waals surface area contributed by atoms with Crippen LogP contribution in [0.15, 0.2) is 36.4 Å². The Labute approximate surface area is 146 Å². The molecular weight excluding hydrogens is 330 g/mol. The van der Waals surface area contributed by atoms with Crippen LogP contribution in [0.3, 0.4) is 0 Å². The number of amides is 1. The lowest BCUT2D eigenvalue weighted by atomic mass is 10.1. The molecule has 0 radical (unpaired) electrons. The average Bonchev–Trinajstić information content (AvgIpc) is 2.60. The van der Waals surface area contributed by atoms with E-state index in [4.69, 9.17) is 25.8 Å². The van der Waals surface area contributed by atoms with E-state index in [2.05, 4.69) is 5.32 Å². The molecule has 0 atom stereocenters. The van der Waals surface area contributed by atoms with Crippen LogP contribution >= 0.6 is 11.6 Å². The summed E-state index contributed by atoms with van der Waals surface area (Å²) in [4.78, 5) is 12.6. The van der Waals surface area contributed by atoms with Crippen LogP contribution in [0, 0.1) is 0 Å². The van der Waals surface area contributed by atoms with Crippen molar-refractivity contribution in [2.45, 2.75) is 13.3 Å². The molecule has 2 aromatic carbocycles. The summed E-state index contributed by atoms with van der Waals surface area (Å²) in [7, 11) is 3.09. The molecule has 2 rings (SSSR count). The quantitative estimate of drug-likeness (QED) is 0.805. The third kappa shape index (κ3) is 4.32. The Hall–Kier alpha value is -2.40. The normalized spacial score (nSPS) is 10.2. The fourth-order valence-corrected chi connectivity index (χ4v) is 2.28. The molecule has 1 amide bonds. The van der Waals surface area contributed by atoms with Crippen LogP contribution in [0.2, 0.25) is 5.02 Å². The second-order valence-corrected chi connectivity index (χ2v) is 5.45. The van der Waals surface area contributed by atoms with Gasteiger partial charge in [-0.05, 0) is 36.8 Å². The van der Waals surface area contributed by atoms with Gasteiger partial charge < -0.3 is 19.5 Å². The number of ether oxygens (including phenoxy) is 3. The summed E-state index contributed by atoms with van der Waals surface area (Å²) < 4.78 is 16.1. The van der Waals surface area contributed by atoms with Crippen LogP contribution in [0.25, 0.3) is 0 Å². The fraction of sp³-hybridized carbons (Fsp3) is 0.278. The van der Waals surface area contributed by atoms with Gasteiger partial charge in [-0.15, -0.1) is 0 Å². The number of anilines is 1. The number of carbonyl (C=O) groups is 1. The van der Waals surface area contributed by atoms with E-state index in [9.17, 15) is 4.79 Å². The van der Waals surface area contributed by atoms with E-state index in [-0.39, 0.29) is 5.91 Å². The van der Waals surface area contributed by atoms with Crippen LogP contribution in [-0.2, 0) is 0 Å². The maximum atomic E-state index is 12.6. The molecule has 5 nitrogen and oxygen atoms in total. The van der Waals surface area contributed by atoms with Crippen LogP contribution < -0.4 is 19.5 Å². The van der Waals surface area contributed by atoms with Gasteiger partial charge in [-0.25, -0.2) is 0 Å². The first-order valence-electron chi connectivity index (χ1n) is 7.54. The third-order valence-corrected chi connectivity index (χ3v) is 3.54. The molecule has 1 N–H and O–H groups in total. The maximum Gasteiger partial charge on any atom is 0.259 e. The molecule has 0 heterocycles. The van der Waals surface area contributed by atoms with Gasteiger partial charge in [0.1, 0.15) is 17.2 Å². The summed E-state index contributed by atoms with van der Waals surface area (Å²) in [5, 5.41) is 3.28. The molecule has 6 heteroatoms. The molecule has 0 saturated carbocycles. The number of hydrogen-bond acceptors (Lipinski definition) is 4. The number of methoxy groups -OCH3 is 2. The van der Waals surface area contributed by atoms with Crippen molar-refractivity contribution in [3.8, 4) is 17.2 Å². The van der Waals surface area contributed by atoms with Crippen molar-refractivity contribution >= 4 is 23.2 Å². The molecule has 24 heavy (non-hydrogen) atoms. The minimum absolute atomic E-state index is 0.327. The summed E-state index contributed by atoms with van der Waals surface area (Å²) >= 11 is 6.02. The van der Waals surface area contributed by atoms with E-state index in [0.717, 1.165) is 6.42 Å². The minimum atomic E-state index is -0.327. The Morgan fingerprint density at radius 2 is 1.88 bits per heavy atom. The zero-order valence-electron chi connectivity index (χ0n) is 13.9. The zero-order valence-corrected chi connectivity index (χ0v) is 14.6. The molecule has 128 valence electrons. The van der Waals surface area contributed by atoms with E-state index >= 15 is 0 Å². The molecule has 0 unspecified atom stereocenters. The zero-order chi connectivity index (χ0) is 17.5. The van der Waals surface area contributed by atoms with Gasteiger partial charge in [0, 0.05) is 11.1 Å². The first kappa shape index (κ1) is 17.9. The summed E-state index contributed by atoms with van der Waals surface area (Å²) in [6.07, 6.45) is 0.843. The van der Waals surface area contributed by atoms with Gasteiger partial charge in [0.2, 0.25) is 0 Å². The van der Waals surface area contributed by atoms with E-state index in [1.54, 1.807) is 43.5 Å². The van der Waals surface area contributed by atoms with Gasteiger partial charge in [-0.1, -0.05) is 18.5 Å². The van der Waals surface area contributed by atoms with E-state index in [1.807, 2.05) is 6.92 Å². The molecule has 0 bridgehead atoms. The number of benzene rings is 2. The lowest BCUT2D eigenvalue weighted by Gasteiger charge is -2.14. The molecular formula is C18H20ClNO4. The van der Waals surface area contributed by atoms with Crippen molar-refractivity contribution in [1.29, 1.82) is 0 Å². The Balaban J connectivity index is 2.28. The van der Waals surface area contributed by atoms with Crippen LogP contribution in [-0.4, -0.2) is 26.7 Å². The summed E-state index contributed by atoms with van der Waals surface area (Å²) in [5.74, 6) is 1.30. The summed E-state index contributed by atoms with van der Waals surface area (Å²) in [6, 6.07) is 10.1. The Morgan fingerprint density at radius 1 is 1.08 bits per heavy atom. The lowest BCUT2D eigenvalue weighted by molar-refractivity contribution is 0.102. The summed E-state index contributed by atoms with van der Waals surface area (Å²) in [6.45, 7) is 2.52. The molecule has 0 aliphatic carbocycles. The topological polar surface area (TPSA) is 56.8 Å². The van der Waals surface area contributed by atoms with E-state index in [0.29, 0.717) is 40.1 Å². The highest BCUT2D eigenvalue weighted by Gasteiger charge is 2.16. The van der Waals surface area contributed by atoms with Gasteiger partial charge in [-0.3, -0.25) is 4.79 Å². The van der Waals surface area contributed by atoms with Crippen LogP contribution in [0.4, 0.5) is 5.69 Å². The first-order chi connectivity index (χ1) is 11.6. The molecule has 2 aromatic rings. The third-order valence-electron chi connectivity index (χ3n) is 3.30. The fourth-order valence-electron chi connectivity index (χ4n) is 2.11. The molecule has 0 aliphatic heterocycles. The Kier molecular flexibility index (Phi) is 6.32. The molecule has 0 aromatic heterocycles. The standard InChI is InChI=1S/C18H20ClNO4/c1-4-9-24-16-8-5-12(19)10-14(16)18(21)20-15-7-6-13(22-2)11-17(15)23-3/h5-8,10-11H,4,9H2,1-3H3,(H,20,21). The SMILES string of the molecule is CCCOc1ccc(Cl)cc1C(=O)Nc1ccc(OC)cc1OC. The maximum absolute atomic E-state index is 12.6. The van der Waals surface area contributed by atoms with Crippen molar-refractivity contribution in [3.63, 3.8) is 0 Å². The van der Waals surface area contributed by atoms with Gasteiger partial charge >= 0.3 is 0 Å². The van der Waals surface area contributed by atoms with Crippen molar-refractivity contribution < 1.29 is 19.0 Å². The van der Waals surface area contributed by atoms with Gasteiger partial charge in [-0.2, -0.15) is 0 Å². The second kappa shape index (κ2) is 8.45. The van der Waals surface area contributed by atoms with Crippen LogP contribution in [0.5, 0.6) is 17.2 Å². The number of carbonyl (C=O) groups excluding carboxylic acids is 1. The van der Waals surface area contributed by atoms with Crippen molar-refractivity contribution in [2.24, 2.45) is 0 Å². The van der Waals surface area contributed by atoms with Gasteiger partial charge in [0.25, 0.3) is 5.91 Å². The van der Waals surface area contributed by atoms with Crippen molar-refractivity contribution in [1.82, 2.24) is 0 Å². The van der Waals surface area contributed by atoms with E-state index in [1.165, 1.54) is 7.11 Å². The number of nitrogens with one attached hydrogen (secondary N) is 1. The smallest absolute Gasteiger partial charge is 0.259 e. The first-order valence-corrected chi connectivity index (χ1v) is 7.92.